The van der Waals surface area contributed by atoms with E-state index in [0.717, 1.165) is 39.7 Å². The molecule has 0 radical (unpaired) electrons. The van der Waals surface area contributed by atoms with Gasteiger partial charge in [-0.05, 0) is 35.7 Å². The second kappa shape index (κ2) is 10.4. The third-order valence-corrected chi connectivity index (χ3v) is 7.53. The second-order valence-corrected chi connectivity index (χ2v) is 9.99. The molecule has 2 heterocycles. The van der Waals surface area contributed by atoms with Crippen LogP contribution in [0.15, 0.2) is 119 Å². The molecular formula is C31H27N3OS. The molecule has 2 atom stereocenters. The molecule has 36 heavy (non-hydrogen) atoms. The lowest BCUT2D eigenvalue weighted by Gasteiger charge is -2.15. The highest BCUT2D eigenvalue weighted by molar-refractivity contribution is 8.14. The Bertz CT molecular complexity index is 1400. The maximum Gasteiger partial charge on any atom is 0.218 e. The van der Waals surface area contributed by atoms with Gasteiger partial charge in [0, 0.05) is 17.0 Å². The molecule has 4 aromatic carbocycles. The minimum atomic E-state index is 0.127. The molecule has 0 spiro atoms. The number of nitrogens with zero attached hydrogens (tertiary/aromatic N) is 2. The highest BCUT2D eigenvalue weighted by atomic mass is 32.2. The Balaban J connectivity index is 1.25. The predicted molar refractivity (Wildman–Crippen MR) is 151 cm³/mol. The van der Waals surface area contributed by atoms with Crippen LogP contribution >= 0.6 is 11.8 Å². The molecule has 4 aromatic rings. The first-order chi connectivity index (χ1) is 17.8. The lowest BCUT2D eigenvalue weighted by molar-refractivity contribution is 0.317. The zero-order chi connectivity index (χ0) is 24.2. The van der Waals surface area contributed by atoms with Crippen molar-refractivity contribution in [2.75, 3.05) is 17.7 Å². The predicted octanol–water partition coefficient (Wildman–Crippen LogP) is 7.05. The number of thioether (sulfide) groups is 1. The molecule has 0 fully saturated rings. The standard InChI is InChI=1S/C31H27N3OS/c1-3-11-22(12-4-1)19-24-20-35-30(32-24)25-15-7-9-17-27(25)33-28-18-10-8-16-26(28)31-34-29(21-36-31)23-13-5-2-6-14-23/h1-18,24,29,33H,19-21H2/t24-,29+/m0/s1. The van der Waals surface area contributed by atoms with Gasteiger partial charge in [0.2, 0.25) is 5.90 Å². The molecule has 5 heteroatoms. The summed E-state index contributed by atoms with van der Waals surface area (Å²) in [5, 5.41) is 4.73. The molecule has 0 unspecified atom stereocenters. The smallest absolute Gasteiger partial charge is 0.218 e. The van der Waals surface area contributed by atoms with Crippen molar-refractivity contribution in [2.24, 2.45) is 9.98 Å². The summed E-state index contributed by atoms with van der Waals surface area (Å²) in [6, 6.07) is 37.9. The Kier molecular flexibility index (Phi) is 6.55. The first kappa shape index (κ1) is 22.6. The van der Waals surface area contributed by atoms with Crippen LogP contribution in [-0.2, 0) is 11.2 Å². The Morgan fingerprint density at radius 1 is 0.722 bits per heavy atom. The first-order valence-corrected chi connectivity index (χ1v) is 13.3. The zero-order valence-corrected chi connectivity index (χ0v) is 20.7. The fourth-order valence-electron chi connectivity index (χ4n) is 4.62. The maximum atomic E-state index is 6.08. The number of ether oxygens (including phenoxy) is 1. The summed E-state index contributed by atoms with van der Waals surface area (Å²) in [6.45, 7) is 0.601. The summed E-state index contributed by atoms with van der Waals surface area (Å²) in [5.41, 5.74) is 6.65. The lowest BCUT2D eigenvalue weighted by Crippen LogP contribution is -2.09. The van der Waals surface area contributed by atoms with E-state index in [1.165, 1.54) is 11.1 Å². The molecule has 0 amide bonds. The highest BCUT2D eigenvalue weighted by Crippen LogP contribution is 2.36. The van der Waals surface area contributed by atoms with Gasteiger partial charge in [-0.1, -0.05) is 91.0 Å². The van der Waals surface area contributed by atoms with Crippen molar-refractivity contribution < 1.29 is 4.74 Å². The Labute approximate surface area is 216 Å². The summed E-state index contributed by atoms with van der Waals surface area (Å²) in [5.74, 6) is 1.66. The number of aliphatic imine (C=N–C) groups is 2. The third-order valence-electron chi connectivity index (χ3n) is 6.45. The van der Waals surface area contributed by atoms with Gasteiger partial charge in [0.05, 0.1) is 23.3 Å². The summed E-state index contributed by atoms with van der Waals surface area (Å²) >= 11 is 1.82. The molecule has 0 aliphatic carbocycles. The fraction of sp³-hybridized carbons (Fsp3) is 0.161. The van der Waals surface area contributed by atoms with Gasteiger partial charge < -0.3 is 10.1 Å². The number of anilines is 2. The van der Waals surface area contributed by atoms with Gasteiger partial charge >= 0.3 is 0 Å². The average Bonchev–Trinajstić information content (AvgIpc) is 3.61. The molecule has 4 nitrogen and oxygen atoms in total. The van der Waals surface area contributed by atoms with Crippen molar-refractivity contribution in [2.45, 2.75) is 18.5 Å². The zero-order valence-electron chi connectivity index (χ0n) is 19.9. The van der Waals surface area contributed by atoms with Crippen molar-refractivity contribution in [3.8, 4) is 0 Å². The lowest BCUT2D eigenvalue weighted by atomic mass is 10.1. The second-order valence-electron chi connectivity index (χ2n) is 8.98. The van der Waals surface area contributed by atoms with Crippen LogP contribution in [0.25, 0.3) is 0 Å². The van der Waals surface area contributed by atoms with Gasteiger partial charge in [-0.25, -0.2) is 4.99 Å². The summed E-state index contributed by atoms with van der Waals surface area (Å²) in [6.07, 6.45) is 0.877. The molecule has 0 aromatic heterocycles. The summed E-state index contributed by atoms with van der Waals surface area (Å²) in [4.78, 5) is 10.00. The molecule has 6 rings (SSSR count). The number of hydrogen-bond donors (Lipinski definition) is 1. The van der Waals surface area contributed by atoms with Crippen LogP contribution in [0.4, 0.5) is 11.4 Å². The Hall–Kier alpha value is -3.83. The largest absolute Gasteiger partial charge is 0.475 e. The minimum Gasteiger partial charge on any atom is -0.475 e. The van der Waals surface area contributed by atoms with Gasteiger partial charge in [0.15, 0.2) is 0 Å². The number of hydrogen-bond acceptors (Lipinski definition) is 5. The van der Waals surface area contributed by atoms with E-state index in [2.05, 4.69) is 96.3 Å². The molecular weight excluding hydrogens is 462 g/mol. The Morgan fingerprint density at radius 2 is 1.36 bits per heavy atom. The van der Waals surface area contributed by atoms with Gasteiger partial charge in [-0.3, -0.25) is 4.99 Å². The number of nitrogens with one attached hydrogen (secondary N) is 1. The summed E-state index contributed by atoms with van der Waals surface area (Å²) < 4.78 is 6.08. The van der Waals surface area contributed by atoms with Crippen molar-refractivity contribution in [1.29, 1.82) is 0 Å². The minimum absolute atomic E-state index is 0.127. The van der Waals surface area contributed by atoms with Crippen molar-refractivity contribution in [1.82, 2.24) is 0 Å². The van der Waals surface area contributed by atoms with Crippen LogP contribution in [0.2, 0.25) is 0 Å². The molecule has 0 saturated carbocycles. The SMILES string of the molecule is c1ccc(C[C@H]2COC(c3ccccc3Nc3ccccc3C3=N[C@@H](c4ccccc4)CS3)=N2)cc1. The van der Waals surface area contributed by atoms with Crippen LogP contribution in [0.1, 0.15) is 28.3 Å². The van der Waals surface area contributed by atoms with Crippen LogP contribution in [0.5, 0.6) is 0 Å². The van der Waals surface area contributed by atoms with Gasteiger partial charge in [0.1, 0.15) is 11.7 Å². The highest BCUT2D eigenvalue weighted by Gasteiger charge is 2.24. The van der Waals surface area contributed by atoms with E-state index in [1.54, 1.807) is 0 Å². The summed E-state index contributed by atoms with van der Waals surface area (Å²) in [7, 11) is 0. The third kappa shape index (κ3) is 4.93. The number of para-hydroxylation sites is 2. The maximum absolute atomic E-state index is 6.08. The molecule has 0 bridgehead atoms. The molecule has 178 valence electrons. The molecule has 2 aliphatic rings. The van der Waals surface area contributed by atoms with Crippen molar-refractivity contribution in [3.63, 3.8) is 0 Å². The van der Waals surface area contributed by atoms with E-state index in [1.807, 2.05) is 30.0 Å². The number of benzene rings is 4. The van der Waals surface area contributed by atoms with E-state index in [0.29, 0.717) is 12.5 Å². The quantitative estimate of drug-likeness (QED) is 0.302. The van der Waals surface area contributed by atoms with E-state index in [-0.39, 0.29) is 12.1 Å². The van der Waals surface area contributed by atoms with Crippen LogP contribution in [0.3, 0.4) is 0 Å². The average molecular weight is 490 g/mol. The molecule has 2 aliphatic heterocycles. The van der Waals surface area contributed by atoms with Crippen LogP contribution in [0, 0.1) is 0 Å². The Morgan fingerprint density at radius 3 is 2.14 bits per heavy atom. The van der Waals surface area contributed by atoms with Gasteiger partial charge in [-0.2, -0.15) is 0 Å². The topological polar surface area (TPSA) is 46.0 Å². The van der Waals surface area contributed by atoms with Crippen molar-refractivity contribution in [3.05, 3.63) is 131 Å². The van der Waals surface area contributed by atoms with Gasteiger partial charge in [-0.15, -0.1) is 11.8 Å². The monoisotopic (exact) mass is 489 g/mol. The van der Waals surface area contributed by atoms with Gasteiger partial charge in [0.25, 0.3) is 0 Å². The number of rotatable bonds is 7. The van der Waals surface area contributed by atoms with Crippen LogP contribution in [-0.4, -0.2) is 29.3 Å². The van der Waals surface area contributed by atoms with Crippen LogP contribution < -0.4 is 5.32 Å². The first-order valence-electron chi connectivity index (χ1n) is 12.3. The van der Waals surface area contributed by atoms with E-state index >= 15 is 0 Å². The fourth-order valence-corrected chi connectivity index (χ4v) is 5.74. The molecule has 0 saturated heterocycles. The molecule has 1 N–H and O–H groups in total. The van der Waals surface area contributed by atoms with E-state index in [9.17, 15) is 0 Å². The van der Waals surface area contributed by atoms with Crippen molar-refractivity contribution >= 4 is 34.1 Å². The van der Waals surface area contributed by atoms with E-state index in [4.69, 9.17) is 14.7 Å². The normalized spacial score (nSPS) is 18.9. The van der Waals surface area contributed by atoms with E-state index < -0.39 is 0 Å².